The first kappa shape index (κ1) is 18.9. The average Bonchev–Trinajstić information content (AvgIpc) is 2.94. The van der Waals surface area contributed by atoms with Gasteiger partial charge in [-0.3, -0.25) is 0 Å². The highest BCUT2D eigenvalue weighted by Crippen LogP contribution is 2.51. The molecular weight excluding hydrogens is 323 g/mol. The van der Waals surface area contributed by atoms with E-state index in [1.54, 1.807) is 13.2 Å². The molecule has 1 unspecified atom stereocenters. The summed E-state index contributed by atoms with van der Waals surface area (Å²) in [6.45, 7) is 9.20. The van der Waals surface area contributed by atoms with Crippen molar-refractivity contribution in [3.05, 3.63) is 53.3 Å². The molecule has 1 aliphatic rings. The Bertz CT molecular complexity index is 776. The normalized spacial score (nSPS) is 19.1. The fourth-order valence-electron chi connectivity index (χ4n) is 4.49. The molecule has 26 heavy (non-hydrogen) atoms. The molecule has 2 heteroatoms. The van der Waals surface area contributed by atoms with Crippen LogP contribution >= 0.6 is 0 Å². The quantitative estimate of drug-likeness (QED) is 0.562. The zero-order valence-electron chi connectivity index (χ0n) is 16.7. The van der Waals surface area contributed by atoms with Crippen LogP contribution in [0.25, 0.3) is 11.1 Å². The zero-order valence-corrected chi connectivity index (χ0v) is 16.7. The van der Waals surface area contributed by atoms with Gasteiger partial charge in [0, 0.05) is 5.56 Å². The molecule has 0 heterocycles. The van der Waals surface area contributed by atoms with Crippen molar-refractivity contribution in [2.45, 2.75) is 59.3 Å². The second-order valence-electron chi connectivity index (χ2n) is 8.80. The summed E-state index contributed by atoms with van der Waals surface area (Å²) in [5.41, 5.74) is 4.58. The summed E-state index contributed by atoms with van der Waals surface area (Å²) in [7, 11) is 1.63. The fourth-order valence-corrected chi connectivity index (χ4v) is 4.49. The first-order valence-corrected chi connectivity index (χ1v) is 9.78. The predicted octanol–water partition coefficient (Wildman–Crippen LogP) is 6.99. The molecule has 1 aliphatic carbocycles. The standard InChI is InChI=1S/C24H31FO/c1-16(2)13-17-8-10-19(21-15-18(26-5)9-11-23(21)25)20(14-17)22-7-6-12-24(22,3)4/h8-11,14-16,22H,6-7,12-13H2,1-5H3. The largest absolute Gasteiger partial charge is 0.497 e. The van der Waals surface area contributed by atoms with Gasteiger partial charge in [-0.1, -0.05) is 52.3 Å². The molecule has 0 bridgehead atoms. The van der Waals surface area contributed by atoms with Crippen molar-refractivity contribution in [1.29, 1.82) is 0 Å². The molecule has 1 nitrogen and oxygen atoms in total. The van der Waals surface area contributed by atoms with Crippen LogP contribution in [0.3, 0.4) is 0 Å². The maximum absolute atomic E-state index is 14.7. The van der Waals surface area contributed by atoms with E-state index in [2.05, 4.69) is 45.9 Å². The average molecular weight is 355 g/mol. The second kappa shape index (κ2) is 7.42. The molecule has 140 valence electrons. The lowest BCUT2D eigenvalue weighted by atomic mass is 9.75. The minimum Gasteiger partial charge on any atom is -0.497 e. The Hall–Kier alpha value is -1.83. The number of methoxy groups -OCH3 is 1. The lowest BCUT2D eigenvalue weighted by Gasteiger charge is -2.30. The lowest BCUT2D eigenvalue weighted by molar-refractivity contribution is 0.332. The molecule has 3 rings (SSSR count). The molecule has 1 fully saturated rings. The van der Waals surface area contributed by atoms with E-state index in [1.807, 2.05) is 6.07 Å². The third-order valence-corrected chi connectivity index (χ3v) is 5.86. The van der Waals surface area contributed by atoms with E-state index in [9.17, 15) is 4.39 Å². The van der Waals surface area contributed by atoms with E-state index in [4.69, 9.17) is 4.74 Å². The van der Waals surface area contributed by atoms with Crippen LogP contribution in [-0.4, -0.2) is 7.11 Å². The molecule has 1 saturated carbocycles. The van der Waals surface area contributed by atoms with Gasteiger partial charge in [-0.05, 0) is 71.4 Å². The van der Waals surface area contributed by atoms with Gasteiger partial charge in [0.15, 0.2) is 0 Å². The van der Waals surface area contributed by atoms with Crippen LogP contribution in [0.2, 0.25) is 0 Å². The second-order valence-corrected chi connectivity index (χ2v) is 8.80. The summed E-state index contributed by atoms with van der Waals surface area (Å²) in [5.74, 6) is 1.60. The predicted molar refractivity (Wildman–Crippen MR) is 107 cm³/mol. The number of hydrogen-bond donors (Lipinski definition) is 0. The summed E-state index contributed by atoms with van der Waals surface area (Å²) >= 11 is 0. The maximum atomic E-state index is 14.7. The van der Waals surface area contributed by atoms with E-state index in [-0.39, 0.29) is 11.2 Å². The van der Waals surface area contributed by atoms with E-state index in [0.717, 1.165) is 12.0 Å². The van der Waals surface area contributed by atoms with Crippen LogP contribution in [0, 0.1) is 17.2 Å². The van der Waals surface area contributed by atoms with Crippen molar-refractivity contribution in [1.82, 2.24) is 0 Å². The number of halogens is 1. The smallest absolute Gasteiger partial charge is 0.131 e. The van der Waals surface area contributed by atoms with Crippen molar-refractivity contribution in [2.24, 2.45) is 11.3 Å². The maximum Gasteiger partial charge on any atom is 0.131 e. The molecular formula is C24H31FO. The molecule has 0 saturated heterocycles. The number of hydrogen-bond acceptors (Lipinski definition) is 1. The van der Waals surface area contributed by atoms with Gasteiger partial charge in [-0.2, -0.15) is 0 Å². The monoisotopic (exact) mass is 354 g/mol. The minimum absolute atomic E-state index is 0.181. The first-order valence-electron chi connectivity index (χ1n) is 9.78. The molecule has 0 aliphatic heterocycles. The number of benzene rings is 2. The molecule has 0 aromatic heterocycles. The van der Waals surface area contributed by atoms with Crippen LogP contribution in [0.15, 0.2) is 36.4 Å². The van der Waals surface area contributed by atoms with Crippen LogP contribution in [-0.2, 0) is 6.42 Å². The van der Waals surface area contributed by atoms with Crippen molar-refractivity contribution < 1.29 is 9.13 Å². The Morgan fingerprint density at radius 2 is 1.88 bits per heavy atom. The molecule has 0 N–H and O–H groups in total. The SMILES string of the molecule is COc1ccc(F)c(-c2ccc(CC(C)C)cc2C2CCCC2(C)C)c1. The van der Waals surface area contributed by atoms with Crippen LogP contribution in [0.4, 0.5) is 4.39 Å². The van der Waals surface area contributed by atoms with Gasteiger partial charge in [-0.15, -0.1) is 0 Å². The van der Waals surface area contributed by atoms with Crippen LogP contribution in [0.5, 0.6) is 5.75 Å². The van der Waals surface area contributed by atoms with Crippen molar-refractivity contribution in [2.75, 3.05) is 7.11 Å². The van der Waals surface area contributed by atoms with Crippen LogP contribution < -0.4 is 4.74 Å². The molecule has 2 aromatic carbocycles. The Morgan fingerprint density at radius 3 is 2.50 bits per heavy atom. The topological polar surface area (TPSA) is 9.23 Å². The highest BCUT2D eigenvalue weighted by molar-refractivity contribution is 5.71. The summed E-state index contributed by atoms with van der Waals surface area (Å²) in [4.78, 5) is 0. The summed E-state index contributed by atoms with van der Waals surface area (Å²) in [5, 5.41) is 0. The van der Waals surface area contributed by atoms with Crippen molar-refractivity contribution in [3.63, 3.8) is 0 Å². The Kier molecular flexibility index (Phi) is 5.41. The Balaban J connectivity index is 2.15. The van der Waals surface area contributed by atoms with Crippen molar-refractivity contribution >= 4 is 0 Å². The zero-order chi connectivity index (χ0) is 18.9. The van der Waals surface area contributed by atoms with Gasteiger partial charge in [0.1, 0.15) is 11.6 Å². The lowest BCUT2D eigenvalue weighted by Crippen LogP contribution is -2.16. The van der Waals surface area contributed by atoms with Gasteiger partial charge in [-0.25, -0.2) is 4.39 Å². The van der Waals surface area contributed by atoms with E-state index in [1.165, 1.54) is 36.5 Å². The third kappa shape index (κ3) is 3.79. The Labute approximate surface area is 157 Å². The molecule has 0 amide bonds. The summed E-state index contributed by atoms with van der Waals surface area (Å²) in [6, 6.07) is 11.7. The molecule has 1 atom stereocenters. The summed E-state index contributed by atoms with van der Waals surface area (Å²) < 4.78 is 20.1. The van der Waals surface area contributed by atoms with Gasteiger partial charge < -0.3 is 4.74 Å². The highest BCUT2D eigenvalue weighted by atomic mass is 19.1. The van der Waals surface area contributed by atoms with Gasteiger partial charge >= 0.3 is 0 Å². The fraction of sp³-hybridized carbons (Fsp3) is 0.500. The van der Waals surface area contributed by atoms with Gasteiger partial charge in [0.2, 0.25) is 0 Å². The van der Waals surface area contributed by atoms with Crippen molar-refractivity contribution in [3.8, 4) is 16.9 Å². The van der Waals surface area contributed by atoms with Crippen LogP contribution in [0.1, 0.15) is 64.0 Å². The number of ether oxygens (including phenoxy) is 1. The van der Waals surface area contributed by atoms with E-state index < -0.39 is 0 Å². The van der Waals surface area contributed by atoms with Gasteiger partial charge in [0.25, 0.3) is 0 Å². The summed E-state index contributed by atoms with van der Waals surface area (Å²) in [6.07, 6.45) is 4.70. The minimum atomic E-state index is -0.181. The Morgan fingerprint density at radius 1 is 1.12 bits per heavy atom. The van der Waals surface area contributed by atoms with E-state index in [0.29, 0.717) is 23.1 Å². The molecule has 0 spiro atoms. The number of rotatable bonds is 5. The molecule has 0 radical (unpaired) electrons. The third-order valence-electron chi connectivity index (χ3n) is 5.86. The van der Waals surface area contributed by atoms with E-state index >= 15 is 0 Å². The molecule has 2 aromatic rings. The first-order chi connectivity index (χ1) is 12.3. The highest BCUT2D eigenvalue weighted by Gasteiger charge is 2.37. The van der Waals surface area contributed by atoms with Gasteiger partial charge in [0.05, 0.1) is 7.11 Å².